The SMILES string of the molecule is COc1ccccc1OCCCNCCCNC1=NCCCN1. The van der Waals surface area contributed by atoms with Gasteiger partial charge >= 0.3 is 0 Å². The van der Waals surface area contributed by atoms with Crippen LogP contribution in [0.1, 0.15) is 19.3 Å². The van der Waals surface area contributed by atoms with Crippen molar-refractivity contribution >= 4 is 5.96 Å². The topological polar surface area (TPSA) is 66.9 Å². The Balaban J connectivity index is 1.44. The van der Waals surface area contributed by atoms with E-state index in [9.17, 15) is 0 Å². The van der Waals surface area contributed by atoms with E-state index in [-0.39, 0.29) is 0 Å². The second-order valence-electron chi connectivity index (χ2n) is 5.39. The third kappa shape index (κ3) is 6.78. The smallest absolute Gasteiger partial charge is 0.191 e. The van der Waals surface area contributed by atoms with Crippen LogP contribution in [0.2, 0.25) is 0 Å². The highest BCUT2D eigenvalue weighted by Gasteiger charge is 2.02. The van der Waals surface area contributed by atoms with Gasteiger partial charge in [0.05, 0.1) is 13.7 Å². The van der Waals surface area contributed by atoms with Gasteiger partial charge in [0, 0.05) is 19.6 Å². The van der Waals surface area contributed by atoms with Gasteiger partial charge in [0.25, 0.3) is 0 Å². The summed E-state index contributed by atoms with van der Waals surface area (Å²) < 4.78 is 11.0. The van der Waals surface area contributed by atoms with Crippen molar-refractivity contribution in [3.8, 4) is 11.5 Å². The van der Waals surface area contributed by atoms with Gasteiger partial charge < -0.3 is 25.4 Å². The maximum atomic E-state index is 5.73. The molecule has 2 rings (SSSR count). The fourth-order valence-electron chi connectivity index (χ4n) is 2.31. The molecule has 23 heavy (non-hydrogen) atoms. The quantitative estimate of drug-likeness (QED) is 0.569. The van der Waals surface area contributed by atoms with Crippen molar-refractivity contribution < 1.29 is 9.47 Å². The van der Waals surface area contributed by atoms with E-state index in [2.05, 4.69) is 20.9 Å². The van der Waals surface area contributed by atoms with Crippen LogP contribution in [0, 0.1) is 0 Å². The van der Waals surface area contributed by atoms with Gasteiger partial charge in [-0.2, -0.15) is 0 Å². The van der Waals surface area contributed by atoms with Gasteiger partial charge in [-0.1, -0.05) is 12.1 Å². The highest BCUT2D eigenvalue weighted by Crippen LogP contribution is 2.25. The largest absolute Gasteiger partial charge is 0.493 e. The Morgan fingerprint density at radius 3 is 2.74 bits per heavy atom. The lowest BCUT2D eigenvalue weighted by Gasteiger charge is -2.16. The predicted molar refractivity (Wildman–Crippen MR) is 93.5 cm³/mol. The minimum atomic E-state index is 0.687. The molecule has 1 heterocycles. The number of hydrogen-bond acceptors (Lipinski definition) is 6. The van der Waals surface area contributed by atoms with Crippen molar-refractivity contribution in [1.29, 1.82) is 0 Å². The summed E-state index contributed by atoms with van der Waals surface area (Å²) in [5.41, 5.74) is 0. The average Bonchev–Trinajstić information content (AvgIpc) is 2.61. The van der Waals surface area contributed by atoms with Crippen molar-refractivity contribution in [2.24, 2.45) is 4.99 Å². The molecule has 3 N–H and O–H groups in total. The summed E-state index contributed by atoms with van der Waals surface area (Å²) in [7, 11) is 1.66. The van der Waals surface area contributed by atoms with Crippen LogP contribution >= 0.6 is 0 Å². The Kier molecular flexibility index (Phi) is 8.11. The monoisotopic (exact) mass is 320 g/mol. The molecule has 6 heteroatoms. The van der Waals surface area contributed by atoms with Gasteiger partial charge in [0.15, 0.2) is 17.5 Å². The molecule has 0 spiro atoms. The summed E-state index contributed by atoms with van der Waals surface area (Å²) in [5, 5.41) is 10.00. The zero-order valence-electron chi connectivity index (χ0n) is 13.9. The third-order valence-corrected chi connectivity index (χ3v) is 3.54. The Morgan fingerprint density at radius 1 is 1.13 bits per heavy atom. The first kappa shape index (κ1) is 17.4. The number of benzene rings is 1. The number of ether oxygens (including phenoxy) is 2. The van der Waals surface area contributed by atoms with E-state index in [1.807, 2.05) is 24.3 Å². The molecule has 128 valence electrons. The van der Waals surface area contributed by atoms with Crippen LogP contribution in [0.15, 0.2) is 29.3 Å². The number of aliphatic imine (C=N–C) groups is 1. The fourth-order valence-corrected chi connectivity index (χ4v) is 2.31. The maximum Gasteiger partial charge on any atom is 0.191 e. The number of rotatable bonds is 10. The van der Waals surface area contributed by atoms with Gasteiger partial charge in [0.1, 0.15) is 0 Å². The number of hydrogen-bond donors (Lipinski definition) is 3. The van der Waals surface area contributed by atoms with Crippen LogP contribution in [0.3, 0.4) is 0 Å². The second-order valence-corrected chi connectivity index (χ2v) is 5.39. The number of nitrogens with one attached hydrogen (secondary N) is 3. The Bertz CT molecular complexity index is 479. The lowest BCUT2D eigenvalue weighted by Crippen LogP contribution is -2.41. The van der Waals surface area contributed by atoms with Crippen LogP contribution in [0.5, 0.6) is 11.5 Å². The van der Waals surface area contributed by atoms with Crippen molar-refractivity contribution in [1.82, 2.24) is 16.0 Å². The first-order valence-electron chi connectivity index (χ1n) is 8.39. The number of methoxy groups -OCH3 is 1. The molecule has 0 saturated carbocycles. The van der Waals surface area contributed by atoms with Crippen LogP contribution in [0.25, 0.3) is 0 Å². The van der Waals surface area contributed by atoms with E-state index in [4.69, 9.17) is 9.47 Å². The normalized spacial score (nSPS) is 13.9. The summed E-state index contributed by atoms with van der Waals surface area (Å²) in [6.07, 6.45) is 3.18. The zero-order chi connectivity index (χ0) is 16.2. The highest BCUT2D eigenvalue weighted by atomic mass is 16.5. The van der Waals surface area contributed by atoms with Crippen LogP contribution in [0.4, 0.5) is 0 Å². The molecule has 0 radical (unpaired) electrons. The average molecular weight is 320 g/mol. The highest BCUT2D eigenvalue weighted by molar-refractivity contribution is 5.80. The maximum absolute atomic E-state index is 5.73. The molecular weight excluding hydrogens is 292 g/mol. The second kappa shape index (κ2) is 10.7. The molecule has 0 bridgehead atoms. The van der Waals surface area contributed by atoms with E-state index >= 15 is 0 Å². The number of guanidine groups is 1. The Hall–Kier alpha value is -1.95. The van der Waals surface area contributed by atoms with Crippen LogP contribution in [-0.2, 0) is 0 Å². The molecule has 0 aromatic heterocycles. The summed E-state index contributed by atoms with van der Waals surface area (Å²) >= 11 is 0. The number of nitrogens with zero attached hydrogens (tertiary/aromatic N) is 1. The predicted octanol–water partition coefficient (Wildman–Crippen LogP) is 1.38. The molecule has 0 amide bonds. The van der Waals surface area contributed by atoms with Gasteiger partial charge in [-0.3, -0.25) is 4.99 Å². The first-order chi connectivity index (χ1) is 11.4. The Labute approximate surface area is 138 Å². The molecule has 0 unspecified atom stereocenters. The fraction of sp³-hybridized carbons (Fsp3) is 0.588. The van der Waals surface area contributed by atoms with Crippen LogP contribution in [-0.4, -0.2) is 52.4 Å². The molecule has 0 atom stereocenters. The van der Waals surface area contributed by atoms with E-state index in [0.29, 0.717) is 6.61 Å². The van der Waals surface area contributed by atoms with Gasteiger partial charge in [-0.25, -0.2) is 0 Å². The minimum absolute atomic E-state index is 0.687. The lowest BCUT2D eigenvalue weighted by molar-refractivity contribution is 0.287. The standard InChI is InChI=1S/C17H28N4O2/c1-22-15-7-2-3-8-16(15)23-14-6-10-18-9-4-11-19-17-20-12-5-13-21-17/h2-3,7-8,18H,4-6,9-14H2,1H3,(H2,19,20,21). The van der Waals surface area contributed by atoms with Crippen molar-refractivity contribution in [3.05, 3.63) is 24.3 Å². The van der Waals surface area contributed by atoms with E-state index in [1.54, 1.807) is 7.11 Å². The molecule has 0 fully saturated rings. The van der Waals surface area contributed by atoms with Crippen molar-refractivity contribution in [2.75, 3.05) is 46.4 Å². The van der Waals surface area contributed by atoms with Gasteiger partial charge in [0.2, 0.25) is 0 Å². The molecule has 6 nitrogen and oxygen atoms in total. The molecule has 0 aliphatic carbocycles. The molecule has 1 aromatic carbocycles. The van der Waals surface area contributed by atoms with E-state index < -0.39 is 0 Å². The summed E-state index contributed by atoms with van der Waals surface area (Å²) in [5.74, 6) is 2.53. The van der Waals surface area contributed by atoms with Gasteiger partial charge in [-0.05, 0) is 44.5 Å². The third-order valence-electron chi connectivity index (χ3n) is 3.54. The lowest BCUT2D eigenvalue weighted by atomic mass is 10.3. The van der Waals surface area contributed by atoms with Gasteiger partial charge in [-0.15, -0.1) is 0 Å². The van der Waals surface area contributed by atoms with Crippen LogP contribution < -0.4 is 25.4 Å². The van der Waals surface area contributed by atoms with E-state index in [1.165, 1.54) is 0 Å². The summed E-state index contributed by atoms with van der Waals surface area (Å²) in [6.45, 7) is 5.53. The summed E-state index contributed by atoms with van der Waals surface area (Å²) in [6, 6.07) is 7.73. The first-order valence-corrected chi connectivity index (χ1v) is 8.39. The summed E-state index contributed by atoms with van der Waals surface area (Å²) in [4.78, 5) is 4.38. The molecular formula is C17H28N4O2. The molecule has 1 aliphatic rings. The minimum Gasteiger partial charge on any atom is -0.493 e. The molecule has 1 aliphatic heterocycles. The van der Waals surface area contributed by atoms with Crippen molar-refractivity contribution in [3.63, 3.8) is 0 Å². The van der Waals surface area contributed by atoms with Crippen molar-refractivity contribution in [2.45, 2.75) is 19.3 Å². The Morgan fingerprint density at radius 2 is 1.96 bits per heavy atom. The zero-order valence-corrected chi connectivity index (χ0v) is 13.9. The van der Waals surface area contributed by atoms with E-state index in [0.717, 1.165) is 69.4 Å². The number of para-hydroxylation sites is 2. The molecule has 0 saturated heterocycles. The molecule has 1 aromatic rings.